The summed E-state index contributed by atoms with van der Waals surface area (Å²) in [5, 5.41) is 18.2. The molecule has 38 heteroatoms. The van der Waals surface area contributed by atoms with E-state index in [1.54, 1.807) is 108 Å². The zero-order chi connectivity index (χ0) is 88.1. The molecule has 2 unspecified atom stereocenters. The number of nitrogens with zero attached hydrogens (tertiary/aromatic N) is 12. The van der Waals surface area contributed by atoms with Crippen molar-refractivity contribution in [1.29, 1.82) is 5.26 Å². The van der Waals surface area contributed by atoms with E-state index in [4.69, 9.17) is 89.2 Å². The van der Waals surface area contributed by atoms with Crippen LogP contribution in [0.4, 0.5) is 17.7 Å². The summed E-state index contributed by atoms with van der Waals surface area (Å²) in [6.07, 6.45) is -3.81. The lowest BCUT2D eigenvalue weighted by Crippen LogP contribution is -2.37. The van der Waals surface area contributed by atoms with Gasteiger partial charge in [0.15, 0.2) is 39.3 Å². The molecule has 6 aromatic carbocycles. The van der Waals surface area contributed by atoms with Crippen molar-refractivity contribution in [3.05, 3.63) is 241 Å². The predicted octanol–water partition coefficient (Wildman–Crippen LogP) is 15.5. The number of fused-ring (bicyclic) bond motifs is 3. The number of nitrogens with one attached hydrogen (secondary N) is 5. The fraction of sp³-hybridized carbons (Fsp3) is 0.368. The van der Waals surface area contributed by atoms with Crippen molar-refractivity contribution in [3.63, 3.8) is 0 Å². The highest BCUT2D eigenvalue weighted by Gasteiger charge is 2.52. The standard InChI is InChI=1S/C87H92Cl2N17O17P2/c1-48(2)80(107)99-85-97-78-73(83(110)101-85)94-46-104(78)69-40-64(121-124(116-38-20-37-90)106(50(5)6)51(7)8)67(119-69)43-117-125(112,122-63-26-19-18-25-62(63)89)123-65-41-70(105-47-95-74-79(105)98-86(102-84(74)111)100-81(108)49(3)4)120-75(65)71-52(9)61(88)36-35-59(71)60-39-68(103-45-93-72-76(91-44-92-77(72)103)96-82(109)53-21-14-12-15-22-53)118-66(60)42-115-87(54-23-16-13-17-24-54,55-27-31-57(113-10)32-28-55)56-29-33-58(114-11)34-30-56/h12-19,21-35,44-51,60,64-70,75H,20,38-43H2,1-11H3,(H,91,92,96,109)(H2,97,99,101,107,110)(H2,98,100,102,108,111)/t60-,64-,65-,66-,67+,68+,69+,70+,75-,124?,125?/m0/s1. The van der Waals surface area contributed by atoms with Gasteiger partial charge in [0.2, 0.25) is 23.7 Å². The molecule has 9 heterocycles. The summed E-state index contributed by atoms with van der Waals surface area (Å²) in [4.78, 5) is 106. The fourth-order valence-electron chi connectivity index (χ4n) is 15.6. The molecule has 6 aromatic heterocycles. The van der Waals surface area contributed by atoms with E-state index in [1.807, 2.05) is 111 Å². The average Bonchev–Trinajstić information content (AvgIpc) is 1.62. The molecule has 0 aliphatic carbocycles. The van der Waals surface area contributed by atoms with Crippen molar-refractivity contribution >= 4 is 108 Å². The fourth-order valence-corrected chi connectivity index (χ4v) is 19.2. The van der Waals surface area contributed by atoms with Crippen LogP contribution in [-0.4, -0.2) is 151 Å². The Labute approximate surface area is 729 Å². The Kier molecular flexibility index (Phi) is 27.1. The molecular formula is C87H92Cl2N17O17P2. The zero-order valence-corrected chi connectivity index (χ0v) is 73.3. The Bertz CT molecular complexity index is 6060. The molecule has 125 heavy (non-hydrogen) atoms. The molecule has 651 valence electrons. The van der Waals surface area contributed by atoms with Crippen molar-refractivity contribution in [2.75, 3.05) is 50.0 Å². The topological polar surface area (TPSA) is 404 Å². The van der Waals surface area contributed by atoms with E-state index in [-0.39, 0.29) is 112 Å². The molecule has 15 rings (SSSR count). The van der Waals surface area contributed by atoms with Gasteiger partial charge in [-0.2, -0.15) is 15.2 Å². The van der Waals surface area contributed by atoms with Crippen molar-refractivity contribution in [2.45, 2.75) is 161 Å². The first-order valence-corrected chi connectivity index (χ1v) is 44.0. The molecule has 11 atom stereocenters. The lowest BCUT2D eigenvalue weighted by molar-refractivity contribution is -0.119. The summed E-state index contributed by atoms with van der Waals surface area (Å²) in [6, 6.07) is 46.8. The molecule has 0 saturated carbocycles. The van der Waals surface area contributed by atoms with Crippen LogP contribution in [0.25, 0.3) is 33.5 Å². The van der Waals surface area contributed by atoms with Gasteiger partial charge in [-0.05, 0) is 123 Å². The Hall–Kier alpha value is -11.3. The number of carbonyl (C=O) groups excluding carboxylic acids is 3. The number of rotatable bonds is 34. The molecule has 3 amide bonds. The molecule has 5 N–H and O–H groups in total. The first kappa shape index (κ1) is 88.6. The van der Waals surface area contributed by atoms with E-state index >= 15 is 4.57 Å². The van der Waals surface area contributed by atoms with E-state index in [2.05, 4.69) is 58.0 Å². The van der Waals surface area contributed by atoms with E-state index in [1.165, 1.54) is 40.2 Å². The van der Waals surface area contributed by atoms with Gasteiger partial charge in [0.25, 0.3) is 25.6 Å². The number of benzene rings is 6. The summed E-state index contributed by atoms with van der Waals surface area (Å²) in [7, 11) is -4.15. The molecule has 12 aromatic rings. The van der Waals surface area contributed by atoms with Crippen molar-refractivity contribution in [2.24, 2.45) is 11.8 Å². The lowest BCUT2D eigenvalue weighted by atomic mass is 9.79. The number of hydrogen-bond acceptors (Lipinski definition) is 26. The quantitative estimate of drug-likeness (QED) is 0.0142. The summed E-state index contributed by atoms with van der Waals surface area (Å²) in [5.74, 6) is -2.20. The first-order chi connectivity index (χ1) is 60.2. The summed E-state index contributed by atoms with van der Waals surface area (Å²) in [6.45, 7) is 15.6. The second kappa shape index (κ2) is 38.3. The van der Waals surface area contributed by atoms with Gasteiger partial charge >= 0.3 is 7.82 Å². The number of carbonyl (C=O) groups is 3. The number of phosphoric ester groups is 1. The molecule has 3 aliphatic heterocycles. The highest BCUT2D eigenvalue weighted by atomic mass is 35.5. The second-order valence-corrected chi connectivity index (χ2v) is 35.0. The molecule has 0 bridgehead atoms. The number of ether oxygens (including phenoxy) is 6. The van der Waals surface area contributed by atoms with Gasteiger partial charge in [-0.1, -0.05) is 136 Å². The number of para-hydroxylation sites is 1. The number of amides is 3. The number of anilines is 3. The minimum absolute atomic E-state index is 0.00567. The molecule has 3 fully saturated rings. The maximum atomic E-state index is 17.1. The second-order valence-electron chi connectivity index (χ2n) is 31.2. The monoisotopic (exact) mass is 1780 g/mol. The highest BCUT2D eigenvalue weighted by molar-refractivity contribution is 7.49. The van der Waals surface area contributed by atoms with Crippen LogP contribution < -0.4 is 41.1 Å². The number of H-pyrrole nitrogens is 2. The van der Waals surface area contributed by atoms with Crippen LogP contribution in [0.3, 0.4) is 0 Å². The minimum atomic E-state index is -5.29. The summed E-state index contributed by atoms with van der Waals surface area (Å²) < 4.78 is 99.2. The molecule has 3 aliphatic rings. The van der Waals surface area contributed by atoms with Crippen LogP contribution >= 0.6 is 39.6 Å². The third-order valence-electron chi connectivity index (χ3n) is 21.8. The Morgan fingerprint density at radius 2 is 1.19 bits per heavy atom. The lowest BCUT2D eigenvalue weighted by Gasteiger charge is -2.37. The normalized spacial score (nSPS) is 19.8. The van der Waals surface area contributed by atoms with Gasteiger partial charge in [-0.25, -0.2) is 34.2 Å². The van der Waals surface area contributed by atoms with Crippen LogP contribution in [0.1, 0.15) is 156 Å². The van der Waals surface area contributed by atoms with Crippen LogP contribution in [0.2, 0.25) is 10.0 Å². The SMILES string of the molecule is COc1ccc(C(OC[C@@H]2O[C@@H](n3cnc4c(NC(=O)c5ccccc5)ncnc43)C[C@H]2c2c[c]c(Cl)c(C)c2[C@H]2O[C@@H](n3cnc4c(=O)[nH]c(NC(=O)C(C)C)nc43)C[C@@H]2OP(=O)(OC[C@H]2O[C@@H](n3cnc4c(=O)[nH]c(NC(=O)C(C)C)nc43)C[C@@H]2OP(OCCC#N)N(C(C)C)C(C)C)Oc2ccccc2Cl)(c2ccccc2)c2ccc(OC)cc2)cc1. The van der Waals surface area contributed by atoms with Crippen molar-refractivity contribution in [1.82, 2.24) is 63.2 Å². The maximum absolute atomic E-state index is 17.1. The molecule has 34 nitrogen and oxygen atoms in total. The average molecular weight is 1780 g/mol. The Balaban J connectivity index is 0.872. The Morgan fingerprint density at radius 1 is 0.656 bits per heavy atom. The van der Waals surface area contributed by atoms with Crippen molar-refractivity contribution < 1.29 is 70.0 Å². The molecule has 1 radical (unpaired) electrons. The maximum Gasteiger partial charge on any atom is 0.530 e. The number of nitriles is 1. The number of methoxy groups -OCH3 is 2. The van der Waals surface area contributed by atoms with Gasteiger partial charge in [0.05, 0.1) is 87.8 Å². The zero-order valence-electron chi connectivity index (χ0n) is 70.0. The van der Waals surface area contributed by atoms with Crippen LogP contribution in [0.5, 0.6) is 17.2 Å². The highest BCUT2D eigenvalue weighted by Crippen LogP contribution is 2.60. The molecule has 3 saturated heterocycles. The Morgan fingerprint density at radius 3 is 1.77 bits per heavy atom. The third kappa shape index (κ3) is 18.9. The summed E-state index contributed by atoms with van der Waals surface area (Å²) >= 11 is 14.5. The van der Waals surface area contributed by atoms with Gasteiger partial charge < -0.3 is 47.3 Å². The number of hydrogen-bond donors (Lipinski definition) is 5. The number of imidazole rings is 3. The van der Waals surface area contributed by atoms with Gasteiger partial charge in [0.1, 0.15) is 66.2 Å². The molecule has 0 spiro atoms. The predicted molar refractivity (Wildman–Crippen MR) is 464 cm³/mol. The van der Waals surface area contributed by atoms with Crippen molar-refractivity contribution in [3.8, 4) is 23.3 Å². The van der Waals surface area contributed by atoms with E-state index in [9.17, 15) is 29.2 Å². The van der Waals surface area contributed by atoms with E-state index in [0.29, 0.717) is 39.4 Å². The number of aromatic amines is 2. The summed E-state index contributed by atoms with van der Waals surface area (Å²) in [5.41, 5.74) is 1.52. The van der Waals surface area contributed by atoms with Gasteiger partial charge in [-0.3, -0.25) is 67.3 Å². The third-order valence-corrected chi connectivity index (χ3v) is 26.0. The number of aromatic nitrogens is 12. The minimum Gasteiger partial charge on any atom is -0.497 e. The van der Waals surface area contributed by atoms with Crippen LogP contribution in [0, 0.1) is 36.2 Å². The van der Waals surface area contributed by atoms with Gasteiger partial charge in [-0.15, -0.1) is 0 Å². The van der Waals surface area contributed by atoms with E-state index in [0.717, 1.165) is 16.7 Å². The number of phosphoric acid groups is 1. The van der Waals surface area contributed by atoms with E-state index < -0.39 is 124 Å². The van der Waals surface area contributed by atoms with Gasteiger partial charge in [0, 0.05) is 60.7 Å². The van der Waals surface area contributed by atoms with Crippen LogP contribution in [-0.2, 0) is 56.8 Å². The van der Waals surface area contributed by atoms with Crippen LogP contribution in [0.15, 0.2) is 174 Å². The largest absolute Gasteiger partial charge is 0.530 e. The molecular weight excluding hydrogens is 1690 g/mol. The first-order valence-electron chi connectivity index (χ1n) is 40.6. The number of halogens is 2. The smallest absolute Gasteiger partial charge is 0.497 e.